The summed E-state index contributed by atoms with van der Waals surface area (Å²) in [5.41, 5.74) is 10.0. The molecule has 1 aliphatic rings. The van der Waals surface area contributed by atoms with Gasteiger partial charge in [0.15, 0.2) is 0 Å². The molecule has 0 bridgehead atoms. The molecule has 0 fully saturated rings. The van der Waals surface area contributed by atoms with Crippen LogP contribution in [0.1, 0.15) is 32.6 Å². The molecule has 0 radical (unpaired) electrons. The van der Waals surface area contributed by atoms with Crippen molar-refractivity contribution < 1.29 is 0 Å². The summed E-state index contributed by atoms with van der Waals surface area (Å²) in [6.07, 6.45) is 5.56. The van der Waals surface area contributed by atoms with E-state index in [0.717, 1.165) is 6.04 Å². The third-order valence-corrected chi connectivity index (χ3v) is 10.4. The molecule has 1 aliphatic carbocycles. The number of unbranched alkanes of at least 4 members (excludes halogenated alkanes) is 3. The molecule has 0 spiro atoms. The second-order valence-corrected chi connectivity index (χ2v) is 15.0. The molecular weight excluding hydrogens is 332 g/mol. The number of rotatable bonds is 8. The molecule has 0 atom stereocenters. The Labute approximate surface area is 118 Å². The summed E-state index contributed by atoms with van der Waals surface area (Å²) in [4.78, 5) is 2.64. The predicted octanol–water partition coefficient (Wildman–Crippen LogP) is 3.76. The monoisotopic (exact) mass is 361 g/mol. The van der Waals surface area contributed by atoms with Gasteiger partial charge in [-0.3, -0.25) is 0 Å². The van der Waals surface area contributed by atoms with E-state index in [2.05, 4.69) is 41.7 Å². The van der Waals surface area contributed by atoms with Crippen molar-refractivity contribution in [3.8, 4) is 0 Å². The van der Waals surface area contributed by atoms with Crippen molar-refractivity contribution in [2.45, 2.75) is 61.5 Å². The summed E-state index contributed by atoms with van der Waals surface area (Å²) in [7, 11) is 2.35. The van der Waals surface area contributed by atoms with Crippen molar-refractivity contribution in [1.29, 1.82) is 0 Å². The van der Waals surface area contributed by atoms with Crippen LogP contribution in [0.3, 0.4) is 0 Å². The minimum absolute atomic E-state index is 0.599. The van der Waals surface area contributed by atoms with Gasteiger partial charge in [0, 0.05) is 0 Å². The molecule has 0 heterocycles. The minimum atomic E-state index is -0.599. The van der Waals surface area contributed by atoms with Gasteiger partial charge in [-0.25, -0.2) is 0 Å². The molecule has 0 unspecified atom stereocenters. The summed E-state index contributed by atoms with van der Waals surface area (Å²) in [5.74, 6) is 0. The van der Waals surface area contributed by atoms with Gasteiger partial charge in [-0.2, -0.15) is 0 Å². The topological polar surface area (TPSA) is 3.24 Å². The quantitative estimate of drug-likeness (QED) is 0.470. The molecule has 1 nitrogen and oxygen atoms in total. The van der Waals surface area contributed by atoms with Crippen LogP contribution in [0.15, 0.2) is 8.72 Å². The Bertz CT molecular complexity index is 253. The van der Waals surface area contributed by atoms with E-state index in [1.54, 1.807) is 0 Å². The first-order chi connectivity index (χ1) is 8.00. The van der Waals surface area contributed by atoms with E-state index in [9.17, 15) is 0 Å². The first kappa shape index (κ1) is 15.9. The van der Waals surface area contributed by atoms with E-state index in [-0.39, 0.29) is 0 Å². The average molecular weight is 361 g/mol. The van der Waals surface area contributed by atoms with Crippen LogP contribution in [0.4, 0.5) is 0 Å². The van der Waals surface area contributed by atoms with Crippen LogP contribution < -0.4 is 0 Å². The molecule has 0 amide bonds. The molecular formula is C14H29As2N. The van der Waals surface area contributed by atoms with Gasteiger partial charge in [-0.15, -0.1) is 0 Å². The van der Waals surface area contributed by atoms with E-state index in [4.69, 9.17) is 0 Å². The van der Waals surface area contributed by atoms with Crippen LogP contribution in [0.2, 0.25) is 22.8 Å². The van der Waals surface area contributed by atoms with E-state index >= 15 is 0 Å². The first-order valence-electron chi connectivity index (χ1n) is 6.79. The predicted molar refractivity (Wildman–Crippen MR) is 82.6 cm³/mol. The van der Waals surface area contributed by atoms with Gasteiger partial charge in [0.1, 0.15) is 0 Å². The standard InChI is InChI=1S/C14H29As2N/c1-7-8-9-10-11-17(6)14-12(15(2)3)13(14)16(4)5/h14H,7-11H2,1-6H3. The molecule has 17 heavy (non-hydrogen) atoms. The Morgan fingerprint density at radius 3 is 1.88 bits per heavy atom. The zero-order valence-electron chi connectivity index (χ0n) is 12.5. The summed E-state index contributed by atoms with van der Waals surface area (Å²) >= 11 is -1.20. The summed E-state index contributed by atoms with van der Waals surface area (Å²) in [5, 5.41) is 0. The van der Waals surface area contributed by atoms with Crippen LogP contribution in [0.5, 0.6) is 0 Å². The number of likely N-dealkylation sites (N-methyl/N-ethyl adjacent to an activating group) is 1. The van der Waals surface area contributed by atoms with Gasteiger partial charge < -0.3 is 0 Å². The molecule has 0 aliphatic heterocycles. The van der Waals surface area contributed by atoms with Gasteiger partial charge in [0.2, 0.25) is 0 Å². The van der Waals surface area contributed by atoms with Crippen LogP contribution in [0.25, 0.3) is 0 Å². The Hall–Kier alpha value is 0.817. The number of hydrogen-bond donors (Lipinski definition) is 0. The first-order valence-corrected chi connectivity index (χ1v) is 16.2. The molecule has 0 aromatic rings. The molecule has 1 rings (SSSR count). The van der Waals surface area contributed by atoms with E-state index in [1.807, 2.05) is 8.72 Å². The van der Waals surface area contributed by atoms with Crippen molar-refractivity contribution in [3.05, 3.63) is 8.72 Å². The summed E-state index contributed by atoms with van der Waals surface area (Å²) in [6.45, 7) is 3.60. The maximum absolute atomic E-state index is 2.64. The van der Waals surface area contributed by atoms with Gasteiger partial charge in [0.25, 0.3) is 0 Å². The molecule has 100 valence electrons. The van der Waals surface area contributed by atoms with Crippen molar-refractivity contribution in [2.24, 2.45) is 0 Å². The molecule has 0 saturated carbocycles. The fraction of sp³-hybridized carbons (Fsp3) is 0.857. The van der Waals surface area contributed by atoms with Crippen LogP contribution in [0, 0.1) is 0 Å². The fourth-order valence-corrected chi connectivity index (χ4v) is 12.9. The van der Waals surface area contributed by atoms with Crippen molar-refractivity contribution in [3.63, 3.8) is 0 Å². The zero-order valence-corrected chi connectivity index (χ0v) is 16.2. The normalized spacial score (nSPS) is 16.8. The van der Waals surface area contributed by atoms with Gasteiger partial charge in [-0.05, 0) is 0 Å². The second kappa shape index (κ2) is 7.42. The molecule has 0 aromatic heterocycles. The summed E-state index contributed by atoms with van der Waals surface area (Å²) < 4.78 is 3.86. The second-order valence-electron chi connectivity index (χ2n) is 5.50. The van der Waals surface area contributed by atoms with E-state index in [0.29, 0.717) is 0 Å². The van der Waals surface area contributed by atoms with Crippen molar-refractivity contribution in [2.75, 3.05) is 13.6 Å². The molecule has 0 aromatic carbocycles. The third-order valence-electron chi connectivity index (χ3n) is 3.47. The maximum atomic E-state index is 2.64. The molecule has 0 saturated heterocycles. The molecule has 0 N–H and O–H groups in total. The number of nitrogens with zero attached hydrogens (tertiary/aromatic N) is 1. The SMILES string of the molecule is CCCCCCN(C)C1C([As](C)C)=C1[As](C)C. The van der Waals surface area contributed by atoms with Gasteiger partial charge >= 0.3 is 118 Å². The van der Waals surface area contributed by atoms with Crippen molar-refractivity contribution >= 4 is 29.3 Å². The number of hydrogen-bond acceptors (Lipinski definition) is 1. The Balaban J connectivity index is 2.37. The zero-order chi connectivity index (χ0) is 13.0. The van der Waals surface area contributed by atoms with Gasteiger partial charge in [0.05, 0.1) is 0 Å². The molecule has 3 heteroatoms. The van der Waals surface area contributed by atoms with Crippen LogP contribution in [-0.2, 0) is 0 Å². The third kappa shape index (κ3) is 4.45. The Kier molecular flexibility index (Phi) is 6.93. The van der Waals surface area contributed by atoms with E-state index < -0.39 is 29.3 Å². The summed E-state index contributed by atoms with van der Waals surface area (Å²) in [6, 6.07) is 0.835. The van der Waals surface area contributed by atoms with Crippen LogP contribution in [-0.4, -0.2) is 53.8 Å². The average Bonchev–Trinajstić information content (AvgIpc) is 2.99. The van der Waals surface area contributed by atoms with E-state index in [1.165, 1.54) is 32.2 Å². The Morgan fingerprint density at radius 2 is 1.47 bits per heavy atom. The van der Waals surface area contributed by atoms with Crippen molar-refractivity contribution in [1.82, 2.24) is 4.90 Å². The van der Waals surface area contributed by atoms with Crippen LogP contribution >= 0.6 is 0 Å². The van der Waals surface area contributed by atoms with Gasteiger partial charge in [-0.1, -0.05) is 0 Å². The fourth-order valence-electron chi connectivity index (χ4n) is 2.47. The Morgan fingerprint density at radius 1 is 0.941 bits per heavy atom.